The molecule has 0 atom stereocenters. The van der Waals surface area contributed by atoms with Crippen LogP contribution >= 0.6 is 0 Å². The monoisotopic (exact) mass is 197 g/mol. The summed E-state index contributed by atoms with van der Waals surface area (Å²) in [5.41, 5.74) is 0.150. The van der Waals surface area contributed by atoms with Gasteiger partial charge < -0.3 is 10.1 Å². The fourth-order valence-electron chi connectivity index (χ4n) is 1.15. The van der Waals surface area contributed by atoms with Gasteiger partial charge in [0.2, 0.25) is 0 Å². The first-order chi connectivity index (χ1) is 6.55. The van der Waals surface area contributed by atoms with Gasteiger partial charge in [0.25, 0.3) is 5.91 Å². The maximum absolute atomic E-state index is 11.6. The van der Waals surface area contributed by atoms with Gasteiger partial charge in [0.15, 0.2) is 0 Å². The maximum atomic E-state index is 11.6. The van der Waals surface area contributed by atoms with Crippen molar-refractivity contribution < 1.29 is 9.53 Å². The van der Waals surface area contributed by atoms with E-state index in [0.29, 0.717) is 12.2 Å². The van der Waals surface area contributed by atoms with Crippen LogP contribution in [-0.4, -0.2) is 35.4 Å². The van der Waals surface area contributed by atoms with Gasteiger partial charge in [0.05, 0.1) is 23.9 Å². The summed E-state index contributed by atoms with van der Waals surface area (Å²) in [7, 11) is 1.60. The van der Waals surface area contributed by atoms with E-state index < -0.39 is 0 Å². The second-order valence-electron chi connectivity index (χ2n) is 3.76. The van der Waals surface area contributed by atoms with E-state index in [1.54, 1.807) is 13.3 Å². The van der Waals surface area contributed by atoms with Gasteiger partial charge in [0.1, 0.15) is 0 Å². The molecule has 1 aromatic rings. The van der Waals surface area contributed by atoms with Gasteiger partial charge in [-0.25, -0.2) is 0 Å². The minimum absolute atomic E-state index is 0.152. The first kappa shape index (κ1) is 10.7. The molecule has 1 rings (SSSR count). The Balaban J connectivity index is 2.57. The van der Waals surface area contributed by atoms with E-state index in [1.807, 2.05) is 13.8 Å². The van der Waals surface area contributed by atoms with E-state index in [2.05, 4.69) is 15.5 Å². The Bertz CT molecular complexity index is 293. The molecule has 0 saturated heterocycles. The van der Waals surface area contributed by atoms with Crippen LogP contribution in [-0.2, 0) is 4.74 Å². The van der Waals surface area contributed by atoms with Crippen LogP contribution in [0.4, 0.5) is 0 Å². The number of carbonyl (C=O) groups is 1. The van der Waals surface area contributed by atoms with Crippen molar-refractivity contribution in [3.63, 3.8) is 0 Å². The summed E-state index contributed by atoms with van der Waals surface area (Å²) in [6.07, 6.45) is 3.04. The predicted octanol–water partition coefficient (Wildman–Crippen LogP) is 0.564. The lowest BCUT2D eigenvalue weighted by Crippen LogP contribution is -2.46. The Kier molecular flexibility index (Phi) is 3.24. The SMILES string of the molecule is COCC(C)(C)NC(=O)c1cn[nH]c1. The van der Waals surface area contributed by atoms with Gasteiger partial charge in [-0.3, -0.25) is 9.89 Å². The standard InChI is InChI=1S/C9H15N3O2/c1-9(2,6-14-3)12-8(13)7-4-10-11-5-7/h4-5H,6H2,1-3H3,(H,10,11)(H,12,13). The maximum Gasteiger partial charge on any atom is 0.254 e. The number of nitrogens with one attached hydrogen (secondary N) is 2. The van der Waals surface area contributed by atoms with Crippen molar-refractivity contribution in [1.29, 1.82) is 0 Å². The molecule has 1 amide bonds. The van der Waals surface area contributed by atoms with Crippen LogP contribution < -0.4 is 5.32 Å². The van der Waals surface area contributed by atoms with Crippen molar-refractivity contribution in [2.45, 2.75) is 19.4 Å². The first-order valence-corrected chi connectivity index (χ1v) is 4.35. The van der Waals surface area contributed by atoms with Gasteiger partial charge in [0, 0.05) is 13.3 Å². The Morgan fingerprint density at radius 3 is 2.93 bits per heavy atom. The average molecular weight is 197 g/mol. The smallest absolute Gasteiger partial charge is 0.254 e. The summed E-state index contributed by atoms with van der Waals surface area (Å²) in [6, 6.07) is 0. The highest BCUT2D eigenvalue weighted by Gasteiger charge is 2.21. The molecule has 0 aliphatic rings. The zero-order chi connectivity index (χ0) is 10.6. The Morgan fingerprint density at radius 2 is 2.43 bits per heavy atom. The molecule has 0 bridgehead atoms. The molecule has 0 unspecified atom stereocenters. The van der Waals surface area contributed by atoms with Crippen molar-refractivity contribution in [3.05, 3.63) is 18.0 Å². The van der Waals surface area contributed by atoms with E-state index in [9.17, 15) is 4.79 Å². The lowest BCUT2D eigenvalue weighted by Gasteiger charge is -2.24. The fraction of sp³-hybridized carbons (Fsp3) is 0.556. The number of carbonyl (C=O) groups excluding carboxylic acids is 1. The van der Waals surface area contributed by atoms with Gasteiger partial charge in [-0.05, 0) is 13.8 Å². The van der Waals surface area contributed by atoms with Gasteiger partial charge in [-0.2, -0.15) is 5.10 Å². The summed E-state index contributed by atoms with van der Waals surface area (Å²) >= 11 is 0. The van der Waals surface area contributed by atoms with E-state index in [-0.39, 0.29) is 11.4 Å². The molecule has 0 fully saturated rings. The molecule has 5 heteroatoms. The number of H-pyrrole nitrogens is 1. The largest absolute Gasteiger partial charge is 0.382 e. The van der Waals surface area contributed by atoms with Crippen LogP contribution in [0.3, 0.4) is 0 Å². The normalized spacial score (nSPS) is 11.4. The van der Waals surface area contributed by atoms with Crippen molar-refractivity contribution >= 4 is 5.91 Å². The zero-order valence-corrected chi connectivity index (χ0v) is 8.63. The molecule has 0 aliphatic carbocycles. The quantitative estimate of drug-likeness (QED) is 0.741. The molecule has 5 nitrogen and oxygen atoms in total. The fourth-order valence-corrected chi connectivity index (χ4v) is 1.15. The van der Waals surface area contributed by atoms with Gasteiger partial charge in [-0.15, -0.1) is 0 Å². The summed E-state index contributed by atoms with van der Waals surface area (Å²) in [4.78, 5) is 11.6. The number of rotatable bonds is 4. The lowest BCUT2D eigenvalue weighted by molar-refractivity contribution is 0.0820. The molecule has 14 heavy (non-hydrogen) atoms. The third kappa shape index (κ3) is 2.85. The average Bonchev–Trinajstić information content (AvgIpc) is 2.53. The molecule has 0 radical (unpaired) electrons. The lowest BCUT2D eigenvalue weighted by atomic mass is 10.1. The number of methoxy groups -OCH3 is 1. The molecule has 1 aromatic heterocycles. The van der Waals surface area contributed by atoms with Crippen LogP contribution in [0.5, 0.6) is 0 Å². The summed E-state index contributed by atoms with van der Waals surface area (Å²) in [6.45, 7) is 4.26. The summed E-state index contributed by atoms with van der Waals surface area (Å²) in [5.74, 6) is -0.152. The van der Waals surface area contributed by atoms with Crippen molar-refractivity contribution in [1.82, 2.24) is 15.5 Å². The Morgan fingerprint density at radius 1 is 1.71 bits per heavy atom. The van der Waals surface area contributed by atoms with E-state index in [1.165, 1.54) is 6.20 Å². The highest BCUT2D eigenvalue weighted by molar-refractivity contribution is 5.94. The molecule has 2 N–H and O–H groups in total. The zero-order valence-electron chi connectivity index (χ0n) is 8.63. The molecule has 0 spiro atoms. The number of aromatic nitrogens is 2. The second kappa shape index (κ2) is 4.23. The highest BCUT2D eigenvalue weighted by atomic mass is 16.5. The Labute approximate surface area is 82.8 Å². The number of aromatic amines is 1. The van der Waals surface area contributed by atoms with Gasteiger partial charge >= 0.3 is 0 Å². The number of nitrogens with zero attached hydrogens (tertiary/aromatic N) is 1. The van der Waals surface area contributed by atoms with Crippen LogP contribution in [0.25, 0.3) is 0 Å². The van der Waals surface area contributed by atoms with Crippen LogP contribution in [0.1, 0.15) is 24.2 Å². The minimum atomic E-state index is -0.372. The molecule has 0 saturated carbocycles. The predicted molar refractivity (Wildman–Crippen MR) is 52.0 cm³/mol. The van der Waals surface area contributed by atoms with E-state index in [4.69, 9.17) is 4.74 Å². The molecule has 1 heterocycles. The first-order valence-electron chi connectivity index (χ1n) is 4.35. The summed E-state index contributed by atoms with van der Waals surface area (Å²) < 4.78 is 4.99. The number of ether oxygens (including phenoxy) is 1. The highest BCUT2D eigenvalue weighted by Crippen LogP contribution is 2.04. The summed E-state index contributed by atoms with van der Waals surface area (Å²) in [5, 5.41) is 9.12. The molecule has 78 valence electrons. The molecular weight excluding hydrogens is 182 g/mol. The third-order valence-electron chi connectivity index (χ3n) is 1.72. The Hall–Kier alpha value is -1.36. The topological polar surface area (TPSA) is 67.0 Å². The third-order valence-corrected chi connectivity index (χ3v) is 1.72. The molecular formula is C9H15N3O2. The van der Waals surface area contributed by atoms with E-state index in [0.717, 1.165) is 0 Å². The number of hydrogen-bond acceptors (Lipinski definition) is 3. The number of hydrogen-bond donors (Lipinski definition) is 2. The second-order valence-corrected chi connectivity index (χ2v) is 3.76. The van der Waals surface area contributed by atoms with Crippen molar-refractivity contribution in [2.75, 3.05) is 13.7 Å². The van der Waals surface area contributed by atoms with Crippen molar-refractivity contribution in [3.8, 4) is 0 Å². The number of amides is 1. The van der Waals surface area contributed by atoms with E-state index >= 15 is 0 Å². The minimum Gasteiger partial charge on any atom is -0.382 e. The molecule has 0 aromatic carbocycles. The molecule has 0 aliphatic heterocycles. The van der Waals surface area contributed by atoms with Crippen LogP contribution in [0, 0.1) is 0 Å². The van der Waals surface area contributed by atoms with Crippen LogP contribution in [0.15, 0.2) is 12.4 Å². The van der Waals surface area contributed by atoms with Crippen molar-refractivity contribution in [2.24, 2.45) is 0 Å². The van der Waals surface area contributed by atoms with Gasteiger partial charge in [-0.1, -0.05) is 0 Å². The van der Waals surface area contributed by atoms with Crippen LogP contribution in [0.2, 0.25) is 0 Å².